The van der Waals surface area contributed by atoms with Gasteiger partial charge in [0.15, 0.2) is 0 Å². The molecule has 0 atom stereocenters. The second-order valence-corrected chi connectivity index (χ2v) is 16.9. The molecule has 4 aromatic carbocycles. The molecule has 0 aliphatic carbocycles. The van der Waals surface area contributed by atoms with Gasteiger partial charge in [0.25, 0.3) is 0 Å². The predicted octanol–water partition coefficient (Wildman–Crippen LogP) is 15.9. The molecule has 7 aromatic rings. The summed E-state index contributed by atoms with van der Waals surface area (Å²) in [5.74, 6) is 0. The van der Waals surface area contributed by atoms with Gasteiger partial charge in [-0.2, -0.15) is 0 Å². The Morgan fingerprint density at radius 2 is 0.492 bits per heavy atom. The molecule has 0 radical (unpaired) electrons. The van der Waals surface area contributed by atoms with E-state index in [9.17, 15) is 0 Å². The molecule has 9 rings (SSSR count). The van der Waals surface area contributed by atoms with Gasteiger partial charge in [0, 0.05) is 0 Å². The molecular formula is C60H60N4Ni. The zero-order valence-corrected chi connectivity index (χ0v) is 40.3. The fourth-order valence-electron chi connectivity index (χ4n) is 10.8. The van der Waals surface area contributed by atoms with E-state index in [-0.39, 0.29) is 16.5 Å². The van der Waals surface area contributed by atoms with Crippen LogP contribution in [0.5, 0.6) is 0 Å². The van der Waals surface area contributed by atoms with Crippen molar-refractivity contribution in [2.24, 2.45) is 0 Å². The summed E-state index contributed by atoms with van der Waals surface area (Å²) in [6.07, 6.45) is 6.72. The molecular weight excluding hydrogens is 835 g/mol. The molecule has 2 aliphatic rings. The maximum Gasteiger partial charge on any atom is 2.00 e. The number of benzene rings is 4. The van der Waals surface area contributed by atoms with Gasteiger partial charge in [-0.1, -0.05) is 199 Å². The van der Waals surface area contributed by atoms with Gasteiger partial charge in [0.2, 0.25) is 0 Å². The van der Waals surface area contributed by atoms with Crippen molar-refractivity contribution < 1.29 is 16.5 Å². The maximum absolute atomic E-state index is 5.97. The van der Waals surface area contributed by atoms with E-state index in [1.807, 2.05) is 0 Å². The van der Waals surface area contributed by atoms with Gasteiger partial charge in [-0.3, -0.25) is 0 Å². The third kappa shape index (κ3) is 7.66. The van der Waals surface area contributed by atoms with Crippen LogP contribution in [0.4, 0.5) is 0 Å². The average Bonchev–Trinajstić information content (AvgIpc) is 4.10. The number of nitrogens with zero attached hydrogens (tertiary/aromatic N) is 4. The molecule has 330 valence electrons. The number of hydrogen-bond acceptors (Lipinski definition) is 2. The Morgan fingerprint density at radius 3 is 0.662 bits per heavy atom. The van der Waals surface area contributed by atoms with E-state index in [0.29, 0.717) is 0 Å². The van der Waals surface area contributed by atoms with Crippen molar-refractivity contribution in [1.29, 1.82) is 0 Å². The summed E-state index contributed by atoms with van der Waals surface area (Å²) in [6, 6.07) is 43.7. The first-order valence-electron chi connectivity index (χ1n) is 23.9. The maximum atomic E-state index is 5.97. The Bertz CT molecular complexity index is 2680. The van der Waals surface area contributed by atoms with Crippen LogP contribution in [0.15, 0.2) is 121 Å². The first-order valence-corrected chi connectivity index (χ1v) is 23.9. The van der Waals surface area contributed by atoms with E-state index < -0.39 is 0 Å². The molecule has 0 amide bonds. The number of rotatable bonds is 12. The Labute approximate surface area is 396 Å². The average molecular weight is 896 g/mol. The van der Waals surface area contributed by atoms with Crippen molar-refractivity contribution in [1.82, 2.24) is 19.9 Å². The fraction of sp³-hybridized carbons (Fsp3) is 0.267. The zero-order chi connectivity index (χ0) is 44.5. The third-order valence-corrected chi connectivity index (χ3v) is 13.6. The van der Waals surface area contributed by atoms with Crippen LogP contribution in [0, 0.1) is 0 Å². The van der Waals surface area contributed by atoms with Crippen LogP contribution < -0.4 is 9.97 Å². The molecule has 2 aliphatic heterocycles. The van der Waals surface area contributed by atoms with E-state index >= 15 is 0 Å². The molecule has 0 saturated heterocycles. The van der Waals surface area contributed by atoms with Crippen LogP contribution in [0.2, 0.25) is 0 Å². The normalized spacial score (nSPS) is 12.6. The SMILES string of the molecule is CCC1=C(CC)c2nc1c(-c1ccccc1)c1[n-]c(c(CC)c1CC)c(-c1ccccc1)c1nc(c(-c3ccccc3)c3[n-]c(c(CC)c3CC)c2-c2ccccc2)C(CC)=C1CC.[Ni+2]. The molecule has 0 spiro atoms. The molecule has 4 nitrogen and oxygen atoms in total. The summed E-state index contributed by atoms with van der Waals surface area (Å²) in [6.45, 7) is 18.4. The predicted molar refractivity (Wildman–Crippen MR) is 273 cm³/mol. The Kier molecular flexibility index (Phi) is 13.7. The van der Waals surface area contributed by atoms with Gasteiger partial charge < -0.3 is 9.97 Å². The molecule has 65 heavy (non-hydrogen) atoms. The summed E-state index contributed by atoms with van der Waals surface area (Å²) in [5, 5.41) is 0. The van der Waals surface area contributed by atoms with Gasteiger partial charge in [0.1, 0.15) is 0 Å². The summed E-state index contributed by atoms with van der Waals surface area (Å²) in [7, 11) is 0. The molecule has 0 saturated carbocycles. The van der Waals surface area contributed by atoms with Gasteiger partial charge in [-0.25, -0.2) is 9.97 Å². The van der Waals surface area contributed by atoms with Crippen molar-refractivity contribution in [2.45, 2.75) is 107 Å². The minimum atomic E-state index is 0. The fourth-order valence-corrected chi connectivity index (χ4v) is 10.8. The summed E-state index contributed by atoms with van der Waals surface area (Å²) >= 11 is 0. The van der Waals surface area contributed by atoms with Crippen molar-refractivity contribution >= 4 is 44.4 Å². The Hall–Kier alpha value is -6.03. The van der Waals surface area contributed by atoms with Gasteiger partial charge in [-0.05, 0) is 118 Å². The monoisotopic (exact) mass is 894 g/mol. The second kappa shape index (κ2) is 19.6. The van der Waals surface area contributed by atoms with Crippen molar-refractivity contribution in [3.05, 3.63) is 166 Å². The van der Waals surface area contributed by atoms with Gasteiger partial charge in [-0.15, -0.1) is 22.1 Å². The number of aromatic nitrogens is 4. The van der Waals surface area contributed by atoms with Gasteiger partial charge in [0.05, 0.1) is 22.8 Å². The van der Waals surface area contributed by atoms with Gasteiger partial charge >= 0.3 is 16.5 Å². The first kappa shape index (κ1) is 45.5. The first-order chi connectivity index (χ1) is 31.5. The molecule has 3 aromatic heterocycles. The van der Waals surface area contributed by atoms with Crippen LogP contribution in [0.3, 0.4) is 0 Å². The van der Waals surface area contributed by atoms with Crippen LogP contribution >= 0.6 is 0 Å². The third-order valence-electron chi connectivity index (χ3n) is 13.6. The quantitative estimate of drug-likeness (QED) is 0.115. The Morgan fingerprint density at radius 1 is 0.292 bits per heavy atom. The standard InChI is InChI=1S/C60H60N4.Ni/c1-9-41-42(10-2)54-50(38-31-23-18-24-32-38)56-45(13-5)46(14-6)58(63-56)52(40-35-27-20-28-36-40)60-48(16-8)47(15-7)59(64-60)51(39-33-25-19-26-34-39)57-44(12-4)43(11-3)55(62-57)49(53(41)61-54)37-29-21-17-22-30-37;/h17-36H,9-16H2,1-8H3;/q-2;+2. The number of hydrogen-bond donors (Lipinski definition) is 0. The topological polar surface area (TPSA) is 54.0 Å². The van der Waals surface area contributed by atoms with Crippen LogP contribution in [0.25, 0.3) is 88.9 Å². The van der Waals surface area contributed by atoms with Crippen molar-refractivity contribution in [3.8, 4) is 44.5 Å². The van der Waals surface area contributed by atoms with E-state index in [0.717, 1.165) is 141 Å². The molecule has 8 bridgehead atoms. The van der Waals surface area contributed by atoms with E-state index in [2.05, 4.69) is 177 Å². The molecule has 0 fully saturated rings. The Balaban J connectivity index is 0.00000576. The molecule has 5 heteroatoms. The largest absolute Gasteiger partial charge is 2.00 e. The minimum absolute atomic E-state index is 0. The minimum Gasteiger partial charge on any atom is -0.656 e. The zero-order valence-electron chi connectivity index (χ0n) is 39.3. The van der Waals surface area contributed by atoms with E-state index in [1.165, 1.54) is 44.5 Å². The summed E-state index contributed by atoms with van der Waals surface area (Å²) < 4.78 is 0. The molecule has 0 N–H and O–H groups in total. The summed E-state index contributed by atoms with van der Waals surface area (Å²) in [4.78, 5) is 23.9. The van der Waals surface area contributed by atoms with E-state index in [1.54, 1.807) is 0 Å². The van der Waals surface area contributed by atoms with Crippen molar-refractivity contribution in [2.75, 3.05) is 0 Å². The number of allylic oxidation sites excluding steroid dienone is 4. The second-order valence-electron chi connectivity index (χ2n) is 16.9. The van der Waals surface area contributed by atoms with E-state index in [4.69, 9.17) is 19.9 Å². The van der Waals surface area contributed by atoms with Crippen molar-refractivity contribution in [3.63, 3.8) is 0 Å². The smallest absolute Gasteiger partial charge is 0.656 e. The molecule has 5 heterocycles. The van der Waals surface area contributed by atoms with Crippen LogP contribution in [-0.4, -0.2) is 9.97 Å². The summed E-state index contributed by atoms with van der Waals surface area (Å²) in [5.41, 5.74) is 27.4. The number of fused-ring (bicyclic) bond motifs is 8. The van der Waals surface area contributed by atoms with Crippen LogP contribution in [-0.2, 0) is 42.2 Å². The van der Waals surface area contributed by atoms with Crippen LogP contribution in [0.1, 0.15) is 126 Å². The number of aryl methyl sites for hydroxylation is 4. The molecule has 0 unspecified atom stereocenters.